The Kier molecular flexibility index (Phi) is 3.18. The Morgan fingerprint density at radius 3 is 2.35 bits per heavy atom. The summed E-state index contributed by atoms with van der Waals surface area (Å²) in [5.74, 6) is 1.49. The first-order valence-electron chi connectivity index (χ1n) is 6.56. The van der Waals surface area contributed by atoms with Crippen molar-refractivity contribution in [2.45, 2.75) is 6.92 Å². The van der Waals surface area contributed by atoms with Crippen LogP contribution in [0.3, 0.4) is 0 Å². The van der Waals surface area contributed by atoms with Crippen molar-refractivity contribution < 1.29 is 14.0 Å². The lowest BCUT2D eigenvalue weighted by atomic mass is 10.00. The van der Waals surface area contributed by atoms with Crippen molar-refractivity contribution >= 4 is 18.0 Å². The van der Waals surface area contributed by atoms with Gasteiger partial charge in [-0.2, -0.15) is 4.58 Å². The number of hydrogen-bond acceptors (Lipinski definition) is 2. The zero-order valence-corrected chi connectivity index (χ0v) is 11.9. The van der Waals surface area contributed by atoms with Crippen molar-refractivity contribution in [2.75, 3.05) is 14.2 Å². The normalized spacial score (nSPS) is 18.6. The molecule has 0 saturated carbocycles. The Labute approximate surface area is 119 Å². The van der Waals surface area contributed by atoms with E-state index in [1.165, 1.54) is 5.57 Å². The van der Waals surface area contributed by atoms with E-state index in [4.69, 9.17) is 9.47 Å². The van der Waals surface area contributed by atoms with E-state index >= 15 is 0 Å². The molecule has 1 radical (unpaired) electrons. The van der Waals surface area contributed by atoms with Crippen LogP contribution in [-0.4, -0.2) is 25.0 Å². The molecule has 3 heteroatoms. The minimum absolute atomic E-state index is 0.742. The Balaban J connectivity index is 2.17. The predicted molar refractivity (Wildman–Crippen MR) is 80.7 cm³/mol. The van der Waals surface area contributed by atoms with Crippen LogP contribution in [-0.2, 0) is 0 Å². The van der Waals surface area contributed by atoms with Crippen molar-refractivity contribution in [1.29, 1.82) is 0 Å². The van der Waals surface area contributed by atoms with E-state index in [1.54, 1.807) is 14.2 Å². The molecule has 0 bridgehead atoms. The lowest BCUT2D eigenvalue weighted by Gasteiger charge is -2.18. The minimum atomic E-state index is 0.742. The van der Waals surface area contributed by atoms with Gasteiger partial charge in [0, 0.05) is 5.57 Å². The van der Waals surface area contributed by atoms with Gasteiger partial charge in [-0.05, 0) is 37.3 Å². The standard InChI is InChI=1S/C17H17NO2/c1-4-12-5-7-14-8-6-13-9-16(19-2)17(20-3)10-15(13)18(14)11-12/h4-11H,1-3H3/q+1. The Bertz CT molecular complexity index is 666. The fourth-order valence-electron chi connectivity index (χ4n) is 2.45. The van der Waals surface area contributed by atoms with E-state index in [2.05, 4.69) is 41.2 Å². The topological polar surface area (TPSA) is 21.5 Å². The second-order valence-corrected chi connectivity index (χ2v) is 4.65. The van der Waals surface area contributed by atoms with Gasteiger partial charge in [-0.25, -0.2) is 0 Å². The summed E-state index contributed by atoms with van der Waals surface area (Å²) in [6, 6.07) is 5.17. The largest absolute Gasteiger partial charge is 0.493 e. The molecule has 20 heavy (non-hydrogen) atoms. The molecular formula is C17H17NO2+. The molecule has 2 heterocycles. The number of methoxy groups -OCH3 is 2. The number of ether oxygens (including phenoxy) is 2. The number of rotatable bonds is 2. The van der Waals surface area contributed by atoms with Gasteiger partial charge in [-0.1, -0.05) is 6.08 Å². The van der Waals surface area contributed by atoms with E-state index in [-0.39, 0.29) is 0 Å². The zero-order valence-electron chi connectivity index (χ0n) is 11.9. The molecule has 0 aliphatic carbocycles. The summed E-state index contributed by atoms with van der Waals surface area (Å²) >= 11 is 0. The van der Waals surface area contributed by atoms with E-state index in [1.807, 2.05) is 19.1 Å². The van der Waals surface area contributed by atoms with Crippen molar-refractivity contribution in [3.63, 3.8) is 0 Å². The molecule has 0 amide bonds. The molecular weight excluding hydrogens is 250 g/mol. The number of hydrogen-bond donors (Lipinski definition) is 0. The molecule has 2 aliphatic rings. The van der Waals surface area contributed by atoms with Gasteiger partial charge in [-0.3, -0.25) is 0 Å². The first-order valence-corrected chi connectivity index (χ1v) is 6.56. The highest BCUT2D eigenvalue weighted by atomic mass is 16.5. The molecule has 2 aliphatic heterocycles. The van der Waals surface area contributed by atoms with Crippen LogP contribution in [0.25, 0.3) is 6.08 Å². The monoisotopic (exact) mass is 267 g/mol. The van der Waals surface area contributed by atoms with Crippen molar-refractivity contribution in [1.82, 2.24) is 0 Å². The van der Waals surface area contributed by atoms with Crippen molar-refractivity contribution in [3.05, 3.63) is 53.6 Å². The third-order valence-electron chi connectivity index (χ3n) is 3.56. The Morgan fingerprint density at radius 2 is 1.65 bits per heavy atom. The number of nitrogens with zero attached hydrogens (tertiary/aromatic N) is 1. The Hall–Kier alpha value is -2.29. The van der Waals surface area contributed by atoms with E-state index < -0.39 is 0 Å². The van der Waals surface area contributed by atoms with E-state index in [0.717, 1.165) is 28.8 Å². The molecule has 101 valence electrons. The van der Waals surface area contributed by atoms with Gasteiger partial charge in [0.1, 0.15) is 0 Å². The van der Waals surface area contributed by atoms with Crippen LogP contribution in [0, 0.1) is 6.04 Å². The second kappa shape index (κ2) is 5.00. The molecule has 1 aromatic carbocycles. The highest BCUT2D eigenvalue weighted by Crippen LogP contribution is 2.40. The SMILES string of the molecule is CC=C1C=C[C]2C=Cc3cc(OC)c(OC)cc3[N+]2=C1. The van der Waals surface area contributed by atoms with E-state index in [0.29, 0.717) is 0 Å². The second-order valence-electron chi connectivity index (χ2n) is 4.65. The molecule has 0 N–H and O–H groups in total. The van der Waals surface area contributed by atoms with Crippen LogP contribution in [0.5, 0.6) is 11.5 Å². The minimum Gasteiger partial charge on any atom is -0.493 e. The average molecular weight is 267 g/mol. The molecule has 0 fully saturated rings. The van der Waals surface area contributed by atoms with Gasteiger partial charge in [0.2, 0.25) is 5.69 Å². The maximum absolute atomic E-state index is 5.40. The lowest BCUT2D eigenvalue weighted by molar-refractivity contribution is -0.404. The number of fused-ring (bicyclic) bond motifs is 3. The van der Waals surface area contributed by atoms with Crippen LogP contribution in [0.2, 0.25) is 0 Å². The molecule has 1 aromatic rings. The molecule has 3 nitrogen and oxygen atoms in total. The van der Waals surface area contributed by atoms with Crippen molar-refractivity contribution in [3.8, 4) is 11.5 Å². The number of benzene rings is 1. The lowest BCUT2D eigenvalue weighted by Crippen LogP contribution is -2.19. The molecule has 0 saturated heterocycles. The quantitative estimate of drug-likeness (QED) is 0.765. The van der Waals surface area contributed by atoms with Crippen molar-refractivity contribution in [2.24, 2.45) is 0 Å². The maximum atomic E-state index is 5.40. The van der Waals surface area contributed by atoms with Gasteiger partial charge >= 0.3 is 0 Å². The first kappa shape index (κ1) is 12.7. The third-order valence-corrected chi connectivity index (χ3v) is 3.56. The predicted octanol–water partition coefficient (Wildman–Crippen LogP) is 3.49. The zero-order chi connectivity index (χ0) is 14.1. The first-order chi connectivity index (χ1) is 9.76. The summed E-state index contributed by atoms with van der Waals surface area (Å²) in [6.07, 6.45) is 12.7. The molecule has 0 atom stereocenters. The summed E-state index contributed by atoms with van der Waals surface area (Å²) in [7, 11) is 3.31. The highest BCUT2D eigenvalue weighted by Gasteiger charge is 2.30. The molecule has 0 unspecified atom stereocenters. The summed E-state index contributed by atoms with van der Waals surface area (Å²) in [6.45, 7) is 2.04. The average Bonchev–Trinajstić information content (AvgIpc) is 2.52. The Morgan fingerprint density at radius 1 is 0.950 bits per heavy atom. The fourth-order valence-corrected chi connectivity index (χ4v) is 2.45. The highest BCUT2D eigenvalue weighted by molar-refractivity contribution is 5.83. The van der Waals surface area contributed by atoms with Crippen LogP contribution >= 0.6 is 0 Å². The maximum Gasteiger partial charge on any atom is 0.277 e. The molecule has 0 aromatic heterocycles. The van der Waals surface area contributed by atoms with Crippen LogP contribution in [0.4, 0.5) is 5.69 Å². The van der Waals surface area contributed by atoms with Gasteiger partial charge in [-0.15, -0.1) is 0 Å². The summed E-state index contributed by atoms with van der Waals surface area (Å²) in [5.41, 5.74) is 3.40. The van der Waals surface area contributed by atoms with Crippen LogP contribution < -0.4 is 9.47 Å². The van der Waals surface area contributed by atoms with E-state index in [9.17, 15) is 0 Å². The molecule has 0 spiro atoms. The van der Waals surface area contributed by atoms with Gasteiger partial charge < -0.3 is 9.47 Å². The summed E-state index contributed by atoms with van der Waals surface area (Å²) < 4.78 is 12.9. The smallest absolute Gasteiger partial charge is 0.277 e. The van der Waals surface area contributed by atoms with Gasteiger partial charge in [0.25, 0.3) is 6.04 Å². The third kappa shape index (κ3) is 1.95. The number of allylic oxidation sites excluding steroid dienone is 3. The summed E-state index contributed by atoms with van der Waals surface area (Å²) in [5, 5.41) is 0. The van der Waals surface area contributed by atoms with Gasteiger partial charge in [0.15, 0.2) is 17.7 Å². The summed E-state index contributed by atoms with van der Waals surface area (Å²) in [4.78, 5) is 0. The van der Waals surface area contributed by atoms with Crippen LogP contribution in [0.15, 0.2) is 42.0 Å². The van der Waals surface area contributed by atoms with Gasteiger partial charge in [0.05, 0.1) is 25.8 Å². The van der Waals surface area contributed by atoms with Crippen LogP contribution in [0.1, 0.15) is 12.5 Å². The molecule has 3 rings (SSSR count). The fraction of sp³-hybridized carbons (Fsp3) is 0.176.